The molecule has 27 heavy (non-hydrogen) atoms. The van der Waals surface area contributed by atoms with Crippen LogP contribution in [0.5, 0.6) is 5.75 Å². The van der Waals surface area contributed by atoms with Gasteiger partial charge in [0.05, 0.1) is 10.5 Å². The summed E-state index contributed by atoms with van der Waals surface area (Å²) in [5.41, 5.74) is 2.49. The summed E-state index contributed by atoms with van der Waals surface area (Å²) in [7, 11) is -3.52. The highest BCUT2D eigenvalue weighted by Crippen LogP contribution is 2.22. The van der Waals surface area contributed by atoms with E-state index in [0.717, 1.165) is 36.8 Å². The number of hydrogen-bond donors (Lipinski definition) is 0. The molecule has 0 bridgehead atoms. The lowest BCUT2D eigenvalue weighted by molar-refractivity contribution is 0.0734. The molecule has 0 spiro atoms. The maximum atomic E-state index is 12.8. The molecule has 0 N–H and O–H groups in total. The fourth-order valence-electron chi connectivity index (χ4n) is 3.14. The summed E-state index contributed by atoms with van der Waals surface area (Å²) < 4.78 is 32.5. The van der Waals surface area contributed by atoms with Gasteiger partial charge in [-0.15, -0.1) is 0 Å². The molecule has 6 heteroatoms. The second kappa shape index (κ2) is 8.23. The van der Waals surface area contributed by atoms with Crippen LogP contribution in [-0.2, 0) is 10.0 Å². The van der Waals surface area contributed by atoms with Gasteiger partial charge in [-0.25, -0.2) is 13.2 Å². The molecule has 1 saturated heterocycles. The number of carbonyl (C=O) groups is 1. The van der Waals surface area contributed by atoms with E-state index in [1.54, 1.807) is 10.4 Å². The lowest BCUT2D eigenvalue weighted by atomic mass is 10.1. The van der Waals surface area contributed by atoms with E-state index >= 15 is 0 Å². The van der Waals surface area contributed by atoms with Gasteiger partial charge in [-0.3, -0.25) is 0 Å². The average molecular weight is 388 g/mol. The van der Waals surface area contributed by atoms with Crippen molar-refractivity contribution in [3.63, 3.8) is 0 Å². The molecule has 1 heterocycles. The number of aryl methyl sites for hydroxylation is 2. The zero-order chi connectivity index (χ0) is 19.4. The first kappa shape index (κ1) is 19.6. The summed E-state index contributed by atoms with van der Waals surface area (Å²) in [4.78, 5) is 12.6. The maximum Gasteiger partial charge on any atom is 0.343 e. The predicted molar refractivity (Wildman–Crippen MR) is 105 cm³/mol. The zero-order valence-electron chi connectivity index (χ0n) is 15.8. The van der Waals surface area contributed by atoms with Gasteiger partial charge in [-0.2, -0.15) is 4.31 Å². The lowest BCUT2D eigenvalue weighted by Crippen LogP contribution is -2.31. The molecule has 0 unspecified atom stereocenters. The van der Waals surface area contributed by atoms with Gasteiger partial charge >= 0.3 is 5.97 Å². The first-order chi connectivity index (χ1) is 12.9. The SMILES string of the molecule is Cc1ccc(OC(=O)c2ccc(S(=O)(=O)N3CCCCCC3)cc2)cc1C. The molecule has 0 saturated carbocycles. The van der Waals surface area contributed by atoms with Crippen molar-refractivity contribution in [2.75, 3.05) is 13.1 Å². The highest BCUT2D eigenvalue weighted by atomic mass is 32.2. The Kier molecular flexibility index (Phi) is 5.97. The maximum absolute atomic E-state index is 12.8. The van der Waals surface area contributed by atoms with Crippen molar-refractivity contribution in [2.24, 2.45) is 0 Å². The number of carbonyl (C=O) groups excluding carboxylic acids is 1. The van der Waals surface area contributed by atoms with Gasteiger partial charge in [0.1, 0.15) is 5.75 Å². The van der Waals surface area contributed by atoms with Crippen molar-refractivity contribution in [3.8, 4) is 5.75 Å². The van der Waals surface area contributed by atoms with Crippen LogP contribution in [0.1, 0.15) is 47.2 Å². The van der Waals surface area contributed by atoms with E-state index in [-0.39, 0.29) is 4.90 Å². The van der Waals surface area contributed by atoms with Crippen LogP contribution in [0, 0.1) is 13.8 Å². The Morgan fingerprint density at radius 1 is 0.889 bits per heavy atom. The van der Waals surface area contributed by atoms with Crippen molar-refractivity contribution in [1.82, 2.24) is 4.31 Å². The first-order valence-corrected chi connectivity index (χ1v) is 10.7. The smallest absolute Gasteiger partial charge is 0.343 e. The second-order valence-corrected chi connectivity index (χ2v) is 8.92. The lowest BCUT2D eigenvalue weighted by Gasteiger charge is -2.20. The van der Waals surface area contributed by atoms with Gasteiger partial charge in [0.2, 0.25) is 10.0 Å². The van der Waals surface area contributed by atoms with Gasteiger partial charge in [0, 0.05) is 13.1 Å². The Morgan fingerprint density at radius 3 is 2.11 bits per heavy atom. The van der Waals surface area contributed by atoms with E-state index in [4.69, 9.17) is 4.74 Å². The number of nitrogens with zero attached hydrogens (tertiary/aromatic N) is 1. The highest BCUT2D eigenvalue weighted by molar-refractivity contribution is 7.89. The summed E-state index contributed by atoms with van der Waals surface area (Å²) in [6.07, 6.45) is 3.91. The predicted octanol–water partition coefficient (Wildman–Crippen LogP) is 4.09. The molecule has 1 aliphatic rings. The van der Waals surface area contributed by atoms with Crippen LogP contribution >= 0.6 is 0 Å². The number of hydrogen-bond acceptors (Lipinski definition) is 4. The Labute approximate surface area is 161 Å². The van der Waals surface area contributed by atoms with Crippen molar-refractivity contribution in [2.45, 2.75) is 44.4 Å². The minimum Gasteiger partial charge on any atom is -0.423 e. The summed E-state index contributed by atoms with van der Waals surface area (Å²) >= 11 is 0. The summed E-state index contributed by atoms with van der Waals surface area (Å²) in [5, 5.41) is 0. The molecule has 2 aromatic rings. The highest BCUT2D eigenvalue weighted by Gasteiger charge is 2.25. The molecule has 3 rings (SSSR count). The molecule has 0 radical (unpaired) electrons. The molecule has 0 atom stereocenters. The van der Waals surface area contributed by atoms with Gasteiger partial charge in [0.25, 0.3) is 0 Å². The third kappa shape index (κ3) is 4.57. The molecule has 144 valence electrons. The van der Waals surface area contributed by atoms with Crippen LogP contribution < -0.4 is 4.74 Å². The second-order valence-electron chi connectivity index (χ2n) is 6.98. The van der Waals surface area contributed by atoms with Gasteiger partial charge in [0.15, 0.2) is 0 Å². The number of sulfonamides is 1. The minimum absolute atomic E-state index is 0.215. The Balaban J connectivity index is 1.74. The minimum atomic E-state index is -3.52. The van der Waals surface area contributed by atoms with E-state index in [0.29, 0.717) is 24.4 Å². The van der Waals surface area contributed by atoms with Gasteiger partial charge < -0.3 is 4.74 Å². The van der Waals surface area contributed by atoms with Crippen LogP contribution in [0.15, 0.2) is 47.4 Å². The van der Waals surface area contributed by atoms with Gasteiger partial charge in [-0.05, 0) is 74.2 Å². The first-order valence-electron chi connectivity index (χ1n) is 9.27. The van der Waals surface area contributed by atoms with E-state index in [2.05, 4.69) is 0 Å². The standard InChI is InChI=1S/C21H25NO4S/c1-16-7-10-19(15-17(16)2)26-21(23)18-8-11-20(12-9-18)27(24,25)22-13-5-3-4-6-14-22/h7-12,15H,3-6,13-14H2,1-2H3. The van der Waals surface area contributed by atoms with Gasteiger partial charge in [-0.1, -0.05) is 18.9 Å². The van der Waals surface area contributed by atoms with E-state index in [9.17, 15) is 13.2 Å². The number of rotatable bonds is 4. The molecular formula is C21H25NO4S. The van der Waals surface area contributed by atoms with E-state index in [1.165, 1.54) is 24.3 Å². The Bertz CT molecular complexity index is 912. The Hall–Kier alpha value is -2.18. The summed E-state index contributed by atoms with van der Waals surface area (Å²) in [5.74, 6) is -0.0265. The van der Waals surface area contributed by atoms with Crippen LogP contribution in [-0.4, -0.2) is 31.8 Å². The van der Waals surface area contributed by atoms with Crippen molar-refractivity contribution >= 4 is 16.0 Å². The normalized spacial score (nSPS) is 15.9. The summed E-state index contributed by atoms with van der Waals surface area (Å²) in [6, 6.07) is 11.4. The monoisotopic (exact) mass is 387 g/mol. The van der Waals surface area contributed by atoms with Crippen molar-refractivity contribution in [1.29, 1.82) is 0 Å². The fraction of sp³-hybridized carbons (Fsp3) is 0.381. The molecule has 5 nitrogen and oxygen atoms in total. The molecule has 1 aliphatic heterocycles. The zero-order valence-corrected chi connectivity index (χ0v) is 16.6. The third-order valence-corrected chi connectivity index (χ3v) is 6.89. The molecule has 0 aliphatic carbocycles. The molecule has 0 amide bonds. The van der Waals surface area contributed by atoms with Crippen LogP contribution in [0.4, 0.5) is 0 Å². The molecule has 0 aromatic heterocycles. The number of esters is 1. The van der Waals surface area contributed by atoms with Crippen molar-refractivity contribution in [3.05, 3.63) is 59.2 Å². The molecular weight excluding hydrogens is 362 g/mol. The number of benzene rings is 2. The average Bonchev–Trinajstić information content (AvgIpc) is 2.95. The fourth-order valence-corrected chi connectivity index (χ4v) is 4.65. The third-order valence-electron chi connectivity index (χ3n) is 4.98. The quantitative estimate of drug-likeness (QED) is 0.586. The Morgan fingerprint density at radius 2 is 1.52 bits per heavy atom. The van der Waals surface area contributed by atoms with E-state index < -0.39 is 16.0 Å². The topological polar surface area (TPSA) is 63.7 Å². The van der Waals surface area contributed by atoms with Crippen molar-refractivity contribution < 1.29 is 17.9 Å². The molecule has 2 aromatic carbocycles. The summed E-state index contributed by atoms with van der Waals surface area (Å²) in [6.45, 7) is 5.05. The van der Waals surface area contributed by atoms with Crippen LogP contribution in [0.3, 0.4) is 0 Å². The van der Waals surface area contributed by atoms with Crippen LogP contribution in [0.2, 0.25) is 0 Å². The van der Waals surface area contributed by atoms with Crippen LogP contribution in [0.25, 0.3) is 0 Å². The van der Waals surface area contributed by atoms with E-state index in [1.807, 2.05) is 26.0 Å². The molecule has 1 fully saturated rings. The largest absolute Gasteiger partial charge is 0.423 e. The number of ether oxygens (including phenoxy) is 1.